The highest BCUT2D eigenvalue weighted by molar-refractivity contribution is 7.09. The molecular weight excluding hydrogens is 318 g/mol. The Hall–Kier alpha value is -1.82. The van der Waals surface area contributed by atoms with Crippen molar-refractivity contribution in [3.8, 4) is 0 Å². The van der Waals surface area contributed by atoms with E-state index in [4.69, 9.17) is 0 Å². The molecule has 0 aromatic carbocycles. The third-order valence-corrected chi connectivity index (χ3v) is 4.81. The average molecular weight is 348 g/mol. The van der Waals surface area contributed by atoms with Crippen molar-refractivity contribution < 1.29 is 0 Å². The molecule has 2 N–H and O–H groups in total. The first kappa shape index (κ1) is 18.5. The van der Waals surface area contributed by atoms with Crippen molar-refractivity contribution in [2.45, 2.75) is 40.2 Å². The van der Waals surface area contributed by atoms with Crippen molar-refractivity contribution in [3.05, 3.63) is 39.8 Å². The van der Waals surface area contributed by atoms with E-state index < -0.39 is 0 Å². The summed E-state index contributed by atoms with van der Waals surface area (Å²) in [6.45, 7) is 9.14. The van der Waals surface area contributed by atoms with Gasteiger partial charge in [-0.15, -0.1) is 11.3 Å². The van der Waals surface area contributed by atoms with E-state index in [0.29, 0.717) is 5.92 Å². The van der Waals surface area contributed by atoms with Crippen LogP contribution in [0.2, 0.25) is 0 Å². The number of hydrogen-bond acceptors (Lipinski definition) is 3. The predicted molar refractivity (Wildman–Crippen MR) is 103 cm³/mol. The van der Waals surface area contributed by atoms with Crippen LogP contribution in [0.1, 0.15) is 29.6 Å². The normalized spacial score (nSPS) is 13.1. The Balaban J connectivity index is 1.64. The highest BCUT2D eigenvalue weighted by atomic mass is 32.1. The van der Waals surface area contributed by atoms with Gasteiger partial charge in [-0.1, -0.05) is 13.0 Å². The van der Waals surface area contributed by atoms with Crippen molar-refractivity contribution in [3.63, 3.8) is 0 Å². The minimum atomic E-state index is 0.580. The zero-order valence-electron chi connectivity index (χ0n) is 15.2. The number of thiophene rings is 1. The number of aromatic nitrogens is 2. The average Bonchev–Trinajstić information content (AvgIpc) is 3.16. The Morgan fingerprint density at radius 3 is 2.83 bits per heavy atom. The summed E-state index contributed by atoms with van der Waals surface area (Å²) >= 11 is 1.83. The van der Waals surface area contributed by atoms with E-state index in [1.54, 1.807) is 0 Å². The van der Waals surface area contributed by atoms with Crippen LogP contribution in [0.5, 0.6) is 0 Å². The molecule has 0 radical (unpaired) electrons. The standard InChI is InChI=1S/C18H29N5S/c1-14(11-17-7-5-10-24-17)13-21-18(19-4)20-8-6-9-23-16(3)12-15(2)22-23/h5,7,10,12,14H,6,8-9,11,13H2,1-4H3,(H2,19,20,21). The fourth-order valence-electron chi connectivity index (χ4n) is 2.67. The van der Waals surface area contributed by atoms with E-state index >= 15 is 0 Å². The van der Waals surface area contributed by atoms with Crippen LogP contribution in [-0.2, 0) is 13.0 Å². The van der Waals surface area contributed by atoms with Gasteiger partial charge in [0.2, 0.25) is 0 Å². The molecule has 0 aliphatic rings. The number of hydrogen-bond donors (Lipinski definition) is 2. The van der Waals surface area contributed by atoms with Gasteiger partial charge in [-0.2, -0.15) is 5.10 Å². The summed E-state index contributed by atoms with van der Waals surface area (Å²) in [5.41, 5.74) is 2.30. The molecule has 6 heteroatoms. The largest absolute Gasteiger partial charge is 0.356 e. The number of aliphatic imine (C=N–C) groups is 1. The van der Waals surface area contributed by atoms with E-state index in [9.17, 15) is 0 Å². The van der Waals surface area contributed by atoms with Crippen LogP contribution in [0.25, 0.3) is 0 Å². The maximum Gasteiger partial charge on any atom is 0.190 e. The zero-order chi connectivity index (χ0) is 17.4. The fourth-order valence-corrected chi connectivity index (χ4v) is 3.54. The molecule has 24 heavy (non-hydrogen) atoms. The Kier molecular flexibility index (Phi) is 7.31. The predicted octanol–water partition coefficient (Wildman–Crippen LogP) is 3.00. The quantitative estimate of drug-likeness (QED) is 0.438. The van der Waals surface area contributed by atoms with Crippen LogP contribution in [0.3, 0.4) is 0 Å². The molecule has 2 aromatic rings. The maximum atomic E-state index is 4.49. The molecule has 2 rings (SSSR count). The lowest BCUT2D eigenvalue weighted by molar-refractivity contribution is 0.544. The molecule has 5 nitrogen and oxygen atoms in total. The number of guanidine groups is 1. The summed E-state index contributed by atoms with van der Waals surface area (Å²) < 4.78 is 2.07. The van der Waals surface area contributed by atoms with Crippen LogP contribution in [-0.4, -0.2) is 35.9 Å². The summed E-state index contributed by atoms with van der Waals surface area (Å²) in [5, 5.41) is 13.4. The van der Waals surface area contributed by atoms with Crippen molar-refractivity contribution >= 4 is 17.3 Å². The van der Waals surface area contributed by atoms with Gasteiger partial charge < -0.3 is 10.6 Å². The lowest BCUT2D eigenvalue weighted by atomic mass is 10.1. The van der Waals surface area contributed by atoms with Crippen molar-refractivity contribution in [2.24, 2.45) is 10.9 Å². The van der Waals surface area contributed by atoms with Crippen molar-refractivity contribution in [1.29, 1.82) is 0 Å². The Labute approximate surface area is 149 Å². The number of nitrogens with zero attached hydrogens (tertiary/aromatic N) is 3. The van der Waals surface area contributed by atoms with Crippen molar-refractivity contribution in [1.82, 2.24) is 20.4 Å². The summed E-state index contributed by atoms with van der Waals surface area (Å²) in [4.78, 5) is 5.74. The molecule has 2 aromatic heterocycles. The molecule has 0 aliphatic carbocycles. The molecule has 0 aliphatic heterocycles. The Morgan fingerprint density at radius 1 is 1.38 bits per heavy atom. The molecule has 1 unspecified atom stereocenters. The second kappa shape index (κ2) is 9.47. The molecule has 2 heterocycles. The molecular formula is C18H29N5S. The topological polar surface area (TPSA) is 54.2 Å². The third-order valence-electron chi connectivity index (χ3n) is 3.91. The molecule has 0 fully saturated rings. The van der Waals surface area contributed by atoms with E-state index in [1.165, 1.54) is 10.6 Å². The lowest BCUT2D eigenvalue weighted by Gasteiger charge is -2.15. The van der Waals surface area contributed by atoms with Gasteiger partial charge in [0, 0.05) is 37.3 Å². The van der Waals surface area contributed by atoms with Crippen LogP contribution in [0.4, 0.5) is 0 Å². The maximum absolute atomic E-state index is 4.49. The van der Waals surface area contributed by atoms with Gasteiger partial charge in [0.05, 0.1) is 5.69 Å². The van der Waals surface area contributed by atoms with Gasteiger partial charge in [0.1, 0.15) is 0 Å². The molecule has 0 saturated heterocycles. The van der Waals surface area contributed by atoms with Gasteiger partial charge in [0.25, 0.3) is 0 Å². The second-order valence-electron chi connectivity index (χ2n) is 6.27. The molecule has 0 saturated carbocycles. The summed E-state index contributed by atoms with van der Waals surface area (Å²) in [6, 6.07) is 6.43. The van der Waals surface area contributed by atoms with E-state index in [-0.39, 0.29) is 0 Å². The minimum Gasteiger partial charge on any atom is -0.356 e. The first-order valence-corrected chi connectivity index (χ1v) is 9.44. The molecule has 0 bridgehead atoms. The molecule has 0 amide bonds. The third kappa shape index (κ3) is 6.00. The lowest BCUT2D eigenvalue weighted by Crippen LogP contribution is -2.40. The summed E-state index contributed by atoms with van der Waals surface area (Å²) in [6.07, 6.45) is 2.13. The van der Waals surface area contributed by atoms with Gasteiger partial charge >= 0.3 is 0 Å². The van der Waals surface area contributed by atoms with E-state index in [1.807, 2.05) is 25.3 Å². The first-order valence-electron chi connectivity index (χ1n) is 8.56. The Morgan fingerprint density at radius 2 is 2.21 bits per heavy atom. The van der Waals surface area contributed by atoms with Gasteiger partial charge in [-0.25, -0.2) is 0 Å². The monoisotopic (exact) mass is 347 g/mol. The smallest absolute Gasteiger partial charge is 0.190 e. The Bertz CT molecular complexity index is 630. The van der Waals surface area contributed by atoms with Crippen LogP contribution < -0.4 is 10.6 Å². The van der Waals surface area contributed by atoms with E-state index in [2.05, 4.69) is 62.8 Å². The summed E-state index contributed by atoms with van der Waals surface area (Å²) in [5.74, 6) is 1.46. The van der Waals surface area contributed by atoms with Crippen LogP contribution in [0, 0.1) is 19.8 Å². The number of nitrogens with one attached hydrogen (secondary N) is 2. The summed E-state index contributed by atoms with van der Waals surface area (Å²) in [7, 11) is 1.82. The van der Waals surface area contributed by atoms with Crippen LogP contribution in [0.15, 0.2) is 28.6 Å². The minimum absolute atomic E-state index is 0.580. The highest BCUT2D eigenvalue weighted by Gasteiger charge is 2.06. The van der Waals surface area contributed by atoms with Gasteiger partial charge in [-0.05, 0) is 50.1 Å². The van der Waals surface area contributed by atoms with Crippen LogP contribution >= 0.6 is 11.3 Å². The molecule has 132 valence electrons. The highest BCUT2D eigenvalue weighted by Crippen LogP contribution is 2.13. The van der Waals surface area contributed by atoms with E-state index in [0.717, 1.165) is 44.1 Å². The first-order chi connectivity index (χ1) is 11.6. The SMILES string of the molecule is CN=C(NCCCn1nc(C)cc1C)NCC(C)Cc1cccs1. The van der Waals surface area contributed by atoms with Gasteiger partial charge in [-0.3, -0.25) is 9.67 Å². The number of rotatable bonds is 8. The van der Waals surface area contributed by atoms with Crippen molar-refractivity contribution in [2.75, 3.05) is 20.1 Å². The molecule has 1 atom stereocenters. The zero-order valence-corrected chi connectivity index (χ0v) is 16.0. The van der Waals surface area contributed by atoms with Gasteiger partial charge in [0.15, 0.2) is 5.96 Å². The second-order valence-corrected chi connectivity index (χ2v) is 7.30. The fraction of sp³-hybridized carbons (Fsp3) is 0.556. The molecule has 0 spiro atoms. The number of aryl methyl sites for hydroxylation is 3.